The van der Waals surface area contributed by atoms with Crippen molar-refractivity contribution in [2.24, 2.45) is 4.99 Å². The fourth-order valence-corrected chi connectivity index (χ4v) is 4.42. The standard InChI is InChI=1S/C26H26FN5O2/c1-17-15-30(16-28-17)23-11-6-19(14-24(23)34-3)13-20-5-4-12-31-25(20)29-18(2)26(33)32(31)22-9-7-21(27)8-10-22/h6-11,13-16,18H,4-5,12H2,1-3H3/b20-13+. The fraction of sp³-hybridized carbons (Fsp3) is 0.269. The summed E-state index contributed by atoms with van der Waals surface area (Å²) in [5.41, 5.74) is 4.50. The van der Waals surface area contributed by atoms with Crippen molar-refractivity contribution in [1.29, 1.82) is 0 Å². The number of aromatic nitrogens is 2. The summed E-state index contributed by atoms with van der Waals surface area (Å²) in [5, 5.41) is 3.54. The first-order chi connectivity index (χ1) is 16.4. The quantitative estimate of drug-likeness (QED) is 0.574. The number of imidazole rings is 1. The Bertz CT molecular complexity index is 1290. The van der Waals surface area contributed by atoms with Crippen LogP contribution in [0.1, 0.15) is 31.0 Å². The molecule has 1 atom stereocenters. The van der Waals surface area contributed by atoms with E-state index < -0.39 is 6.04 Å². The van der Waals surface area contributed by atoms with Gasteiger partial charge < -0.3 is 9.30 Å². The zero-order valence-corrected chi connectivity index (χ0v) is 19.4. The molecule has 34 heavy (non-hydrogen) atoms. The molecule has 2 aliphatic heterocycles. The number of aryl methyl sites for hydroxylation is 1. The monoisotopic (exact) mass is 459 g/mol. The van der Waals surface area contributed by atoms with Crippen LogP contribution in [0, 0.1) is 12.7 Å². The van der Waals surface area contributed by atoms with Crippen molar-refractivity contribution < 1.29 is 13.9 Å². The summed E-state index contributed by atoms with van der Waals surface area (Å²) in [6.07, 6.45) is 7.53. The number of carbonyl (C=O) groups excluding carboxylic acids is 1. The van der Waals surface area contributed by atoms with Gasteiger partial charge in [0.15, 0.2) is 0 Å². The van der Waals surface area contributed by atoms with Crippen LogP contribution in [0.25, 0.3) is 11.8 Å². The molecule has 2 aliphatic rings. The Hall–Kier alpha value is -3.94. The molecule has 1 saturated heterocycles. The molecule has 1 fully saturated rings. The maximum Gasteiger partial charge on any atom is 0.270 e. The SMILES string of the molecule is COc1cc(/C=C2\CCCN3C2=NC(C)C(=O)N3c2ccc(F)cc2)ccc1-n1cnc(C)c1. The number of amides is 1. The summed E-state index contributed by atoms with van der Waals surface area (Å²) in [7, 11) is 1.65. The van der Waals surface area contributed by atoms with Crippen molar-refractivity contribution >= 4 is 23.5 Å². The number of amidine groups is 1. The lowest BCUT2D eigenvalue weighted by Gasteiger charge is -2.44. The summed E-state index contributed by atoms with van der Waals surface area (Å²) in [5.74, 6) is 1.05. The first-order valence-electron chi connectivity index (χ1n) is 11.3. The van der Waals surface area contributed by atoms with Crippen LogP contribution < -0.4 is 9.75 Å². The molecule has 0 saturated carbocycles. The molecular formula is C26H26FN5O2. The molecular weight excluding hydrogens is 433 g/mol. The van der Waals surface area contributed by atoms with Crippen LogP contribution in [0.5, 0.6) is 5.75 Å². The second kappa shape index (κ2) is 8.78. The van der Waals surface area contributed by atoms with E-state index >= 15 is 0 Å². The fourth-order valence-electron chi connectivity index (χ4n) is 4.42. The number of halogens is 1. The van der Waals surface area contributed by atoms with Crippen molar-refractivity contribution in [3.63, 3.8) is 0 Å². The van der Waals surface area contributed by atoms with Crippen molar-refractivity contribution in [2.75, 3.05) is 18.7 Å². The van der Waals surface area contributed by atoms with Gasteiger partial charge in [-0.05, 0) is 80.3 Å². The molecule has 1 amide bonds. The topological polar surface area (TPSA) is 63.0 Å². The van der Waals surface area contributed by atoms with Crippen molar-refractivity contribution in [3.05, 3.63) is 77.6 Å². The Morgan fingerprint density at radius 2 is 1.97 bits per heavy atom. The van der Waals surface area contributed by atoms with Gasteiger partial charge in [-0.25, -0.2) is 14.4 Å². The second-order valence-corrected chi connectivity index (χ2v) is 8.51. The first-order valence-corrected chi connectivity index (χ1v) is 11.3. The zero-order chi connectivity index (χ0) is 23.8. The second-order valence-electron chi connectivity index (χ2n) is 8.51. The van der Waals surface area contributed by atoms with E-state index in [1.807, 2.05) is 40.9 Å². The minimum atomic E-state index is -0.529. The molecule has 1 aromatic heterocycles. The first kappa shape index (κ1) is 21.9. The number of hydrogen-bond donors (Lipinski definition) is 0. The number of nitrogens with zero attached hydrogens (tertiary/aromatic N) is 5. The highest BCUT2D eigenvalue weighted by Gasteiger charge is 2.37. The maximum atomic E-state index is 13.5. The summed E-state index contributed by atoms with van der Waals surface area (Å²) in [6, 6.07) is 11.5. The molecule has 0 radical (unpaired) electrons. The summed E-state index contributed by atoms with van der Waals surface area (Å²) >= 11 is 0. The highest BCUT2D eigenvalue weighted by atomic mass is 19.1. The average molecular weight is 460 g/mol. The van der Waals surface area contributed by atoms with Gasteiger partial charge in [0.25, 0.3) is 5.91 Å². The third-order valence-corrected chi connectivity index (χ3v) is 6.08. The molecule has 0 N–H and O–H groups in total. The third-order valence-electron chi connectivity index (χ3n) is 6.08. The van der Waals surface area contributed by atoms with Crippen LogP contribution in [0.15, 0.2) is 65.6 Å². The number of fused-ring (bicyclic) bond motifs is 1. The molecule has 0 spiro atoms. The van der Waals surface area contributed by atoms with Gasteiger partial charge in [0, 0.05) is 12.7 Å². The van der Waals surface area contributed by atoms with Crippen LogP contribution in [0.3, 0.4) is 0 Å². The predicted octanol–water partition coefficient (Wildman–Crippen LogP) is 4.56. The van der Waals surface area contributed by atoms with Crippen molar-refractivity contribution in [1.82, 2.24) is 14.6 Å². The van der Waals surface area contributed by atoms with E-state index in [0.717, 1.165) is 46.9 Å². The Balaban J connectivity index is 1.51. The van der Waals surface area contributed by atoms with Gasteiger partial charge in [0.05, 0.1) is 30.5 Å². The molecule has 0 aliphatic carbocycles. The highest BCUT2D eigenvalue weighted by Crippen LogP contribution is 2.32. The van der Waals surface area contributed by atoms with Crippen molar-refractivity contribution in [3.8, 4) is 11.4 Å². The van der Waals surface area contributed by atoms with E-state index in [1.54, 1.807) is 37.5 Å². The number of hydrazine groups is 1. The molecule has 174 valence electrons. The Morgan fingerprint density at radius 1 is 1.18 bits per heavy atom. The van der Waals surface area contributed by atoms with Crippen LogP contribution in [-0.2, 0) is 4.79 Å². The molecule has 5 rings (SSSR count). The lowest BCUT2D eigenvalue weighted by Crippen LogP contribution is -2.58. The van der Waals surface area contributed by atoms with E-state index in [1.165, 1.54) is 12.1 Å². The van der Waals surface area contributed by atoms with Gasteiger partial charge in [-0.2, -0.15) is 0 Å². The molecule has 7 nitrogen and oxygen atoms in total. The lowest BCUT2D eigenvalue weighted by molar-refractivity contribution is -0.122. The molecule has 3 heterocycles. The largest absolute Gasteiger partial charge is 0.495 e. The Morgan fingerprint density at radius 3 is 2.68 bits per heavy atom. The number of carbonyl (C=O) groups is 1. The van der Waals surface area contributed by atoms with E-state index in [2.05, 4.69) is 11.1 Å². The number of hydrogen-bond acceptors (Lipinski definition) is 5. The van der Waals surface area contributed by atoms with Gasteiger partial charge in [-0.15, -0.1) is 0 Å². The molecule has 0 bridgehead atoms. The number of aliphatic imine (C=N–C) groups is 1. The normalized spacial score (nSPS) is 19.3. The van der Waals surface area contributed by atoms with Gasteiger partial charge in [0.1, 0.15) is 23.4 Å². The Kier molecular flexibility index (Phi) is 5.65. The predicted molar refractivity (Wildman–Crippen MR) is 130 cm³/mol. The van der Waals surface area contributed by atoms with Gasteiger partial charge in [-0.3, -0.25) is 14.8 Å². The van der Waals surface area contributed by atoms with Crippen LogP contribution >= 0.6 is 0 Å². The highest BCUT2D eigenvalue weighted by molar-refractivity contribution is 6.11. The molecule has 2 aromatic carbocycles. The number of ether oxygens (including phenoxy) is 1. The summed E-state index contributed by atoms with van der Waals surface area (Å²) < 4.78 is 21.1. The van der Waals surface area contributed by atoms with E-state index in [-0.39, 0.29) is 11.7 Å². The van der Waals surface area contributed by atoms with Crippen LogP contribution in [0.4, 0.5) is 10.1 Å². The minimum Gasteiger partial charge on any atom is -0.495 e. The van der Waals surface area contributed by atoms with Gasteiger partial charge in [-0.1, -0.05) is 6.07 Å². The summed E-state index contributed by atoms with van der Waals surface area (Å²) in [6.45, 7) is 4.40. The van der Waals surface area contributed by atoms with Crippen molar-refractivity contribution in [2.45, 2.75) is 32.7 Å². The lowest BCUT2D eigenvalue weighted by atomic mass is 9.99. The Labute approximate surface area is 197 Å². The smallest absolute Gasteiger partial charge is 0.270 e. The number of rotatable bonds is 4. The number of benzene rings is 2. The number of piperidine rings is 1. The minimum absolute atomic E-state index is 0.127. The van der Waals surface area contributed by atoms with Gasteiger partial charge in [0.2, 0.25) is 0 Å². The number of methoxy groups -OCH3 is 1. The average Bonchev–Trinajstić information content (AvgIpc) is 3.27. The van der Waals surface area contributed by atoms with E-state index in [9.17, 15) is 9.18 Å². The van der Waals surface area contributed by atoms with Gasteiger partial charge >= 0.3 is 0 Å². The van der Waals surface area contributed by atoms with Crippen LogP contribution in [-0.4, -0.2) is 46.0 Å². The van der Waals surface area contributed by atoms with E-state index in [0.29, 0.717) is 12.2 Å². The molecule has 1 unspecified atom stereocenters. The van der Waals surface area contributed by atoms with E-state index in [4.69, 9.17) is 9.73 Å². The molecule has 3 aromatic rings. The third kappa shape index (κ3) is 3.96. The zero-order valence-electron chi connectivity index (χ0n) is 19.4. The number of anilines is 1. The molecule has 8 heteroatoms. The maximum absolute atomic E-state index is 13.5. The summed E-state index contributed by atoms with van der Waals surface area (Å²) in [4.78, 5) is 22.1. The van der Waals surface area contributed by atoms with Crippen LogP contribution in [0.2, 0.25) is 0 Å².